The summed E-state index contributed by atoms with van der Waals surface area (Å²) in [6.45, 7) is 2.67. The Labute approximate surface area is 175 Å². The molecule has 7 nitrogen and oxygen atoms in total. The molecule has 1 aromatic carbocycles. The van der Waals surface area contributed by atoms with Crippen molar-refractivity contribution in [3.8, 4) is 35.2 Å². The zero-order chi connectivity index (χ0) is 21.3. The van der Waals surface area contributed by atoms with Gasteiger partial charge in [-0.25, -0.2) is 0 Å². The zero-order valence-electron chi connectivity index (χ0n) is 16.7. The normalized spacial score (nSPS) is 21.4. The molecule has 0 spiro atoms. The van der Waals surface area contributed by atoms with Crippen molar-refractivity contribution in [2.24, 2.45) is 5.41 Å². The maximum atomic E-state index is 10.2. The third-order valence-corrected chi connectivity index (χ3v) is 5.97. The molecule has 150 valence electrons. The number of aromatic nitrogens is 1. The topological polar surface area (TPSA) is 117 Å². The van der Waals surface area contributed by atoms with Crippen molar-refractivity contribution in [2.45, 2.75) is 38.3 Å². The third kappa shape index (κ3) is 2.94. The SMILES string of the molecule is CCOc1nc2c(c(-c3ccccc3)c1C#N)CC(C#N)(C#N)[C@H]1C[C@@H](O)CCN21. The average Bonchev–Trinajstić information content (AvgIpc) is 2.78. The minimum Gasteiger partial charge on any atom is -0.477 e. The number of nitriles is 3. The smallest absolute Gasteiger partial charge is 0.234 e. The number of rotatable bonds is 3. The number of fused-ring (bicyclic) bond motifs is 3. The number of ether oxygens (including phenoxy) is 1. The second-order valence-electron chi connectivity index (χ2n) is 7.64. The fraction of sp³-hybridized carbons (Fsp3) is 0.391. The molecule has 0 aliphatic carbocycles. The summed E-state index contributed by atoms with van der Waals surface area (Å²) < 4.78 is 5.72. The first kappa shape index (κ1) is 19.7. The van der Waals surface area contributed by atoms with Gasteiger partial charge < -0.3 is 14.7 Å². The molecule has 2 aromatic rings. The Morgan fingerprint density at radius 3 is 2.60 bits per heavy atom. The number of hydrogen-bond donors (Lipinski definition) is 1. The van der Waals surface area contributed by atoms with Crippen LogP contribution in [0.1, 0.15) is 30.9 Å². The third-order valence-electron chi connectivity index (χ3n) is 5.97. The van der Waals surface area contributed by atoms with E-state index in [0.29, 0.717) is 48.5 Å². The molecule has 1 aromatic heterocycles. The van der Waals surface area contributed by atoms with E-state index in [9.17, 15) is 20.9 Å². The van der Waals surface area contributed by atoms with Crippen molar-refractivity contribution in [1.82, 2.24) is 4.98 Å². The van der Waals surface area contributed by atoms with Gasteiger partial charge in [0.2, 0.25) is 5.88 Å². The largest absolute Gasteiger partial charge is 0.477 e. The van der Waals surface area contributed by atoms with Gasteiger partial charge in [-0.1, -0.05) is 30.3 Å². The molecule has 1 N–H and O–H groups in total. The summed E-state index contributed by atoms with van der Waals surface area (Å²) in [5, 5.41) is 40.2. The first-order chi connectivity index (χ1) is 14.6. The summed E-state index contributed by atoms with van der Waals surface area (Å²) in [5.74, 6) is 0.887. The maximum Gasteiger partial charge on any atom is 0.234 e. The maximum absolute atomic E-state index is 10.2. The van der Waals surface area contributed by atoms with Gasteiger partial charge in [0.1, 0.15) is 17.5 Å². The lowest BCUT2D eigenvalue weighted by molar-refractivity contribution is 0.108. The van der Waals surface area contributed by atoms with Crippen LogP contribution in [0, 0.1) is 39.4 Å². The van der Waals surface area contributed by atoms with E-state index in [1.54, 1.807) is 0 Å². The predicted octanol–water partition coefficient (Wildman–Crippen LogP) is 2.94. The molecular formula is C23H21N5O2. The van der Waals surface area contributed by atoms with Gasteiger partial charge in [0.05, 0.1) is 30.9 Å². The standard InChI is InChI=1S/C23H21N5O2/c1-2-30-22-18(12-24)20(15-6-4-3-5-7-15)17-11-23(13-25,14-26)19-10-16(29)8-9-28(19)21(17)27-22/h3-7,16,19,29H,2,8-11H2,1H3/t16-,19+/m0/s1. The van der Waals surface area contributed by atoms with E-state index in [1.165, 1.54) is 0 Å². The molecule has 0 radical (unpaired) electrons. The Kier molecular flexibility index (Phi) is 5.04. The number of hydrogen-bond acceptors (Lipinski definition) is 7. The van der Waals surface area contributed by atoms with Crippen molar-refractivity contribution in [2.75, 3.05) is 18.1 Å². The molecule has 30 heavy (non-hydrogen) atoms. The van der Waals surface area contributed by atoms with E-state index < -0.39 is 17.6 Å². The van der Waals surface area contributed by atoms with Crippen LogP contribution in [0.4, 0.5) is 5.82 Å². The van der Waals surface area contributed by atoms with Gasteiger partial charge in [-0.3, -0.25) is 0 Å². The summed E-state index contributed by atoms with van der Waals surface area (Å²) in [6, 6.07) is 15.7. The molecule has 2 aliphatic rings. The Bertz CT molecular complexity index is 1080. The monoisotopic (exact) mass is 399 g/mol. The Morgan fingerprint density at radius 2 is 1.97 bits per heavy atom. The molecule has 7 heteroatoms. The first-order valence-electron chi connectivity index (χ1n) is 10.0. The number of nitrogens with zero attached hydrogens (tertiary/aromatic N) is 5. The van der Waals surface area contributed by atoms with Crippen LogP contribution >= 0.6 is 0 Å². The summed E-state index contributed by atoms with van der Waals surface area (Å²) in [4.78, 5) is 6.64. The molecule has 0 bridgehead atoms. The van der Waals surface area contributed by atoms with Crippen LogP contribution in [0.15, 0.2) is 30.3 Å². The van der Waals surface area contributed by atoms with E-state index >= 15 is 0 Å². The predicted molar refractivity (Wildman–Crippen MR) is 109 cm³/mol. The molecule has 2 atom stereocenters. The van der Waals surface area contributed by atoms with Gasteiger partial charge in [-0.15, -0.1) is 0 Å². The van der Waals surface area contributed by atoms with E-state index in [0.717, 1.165) is 5.56 Å². The molecule has 1 saturated heterocycles. The van der Waals surface area contributed by atoms with Crippen LogP contribution in [-0.2, 0) is 6.42 Å². The van der Waals surface area contributed by atoms with Crippen molar-refractivity contribution in [1.29, 1.82) is 15.8 Å². The van der Waals surface area contributed by atoms with Crippen LogP contribution in [0.25, 0.3) is 11.1 Å². The van der Waals surface area contributed by atoms with E-state index in [4.69, 9.17) is 4.74 Å². The number of benzene rings is 1. The van der Waals surface area contributed by atoms with Crippen molar-refractivity contribution in [3.05, 3.63) is 41.5 Å². The second-order valence-corrected chi connectivity index (χ2v) is 7.64. The summed E-state index contributed by atoms with van der Waals surface area (Å²) in [7, 11) is 0. The number of aliphatic hydroxyl groups excluding tert-OH is 1. The molecule has 1 fully saturated rings. The zero-order valence-corrected chi connectivity index (χ0v) is 16.7. The molecule has 0 amide bonds. The highest BCUT2D eigenvalue weighted by atomic mass is 16.5. The van der Waals surface area contributed by atoms with Crippen LogP contribution in [-0.4, -0.2) is 35.4 Å². The Hall–Kier alpha value is -3.60. The fourth-order valence-corrected chi connectivity index (χ4v) is 4.58. The Balaban J connectivity index is 2.04. The van der Waals surface area contributed by atoms with Gasteiger partial charge >= 0.3 is 0 Å². The van der Waals surface area contributed by atoms with Gasteiger partial charge in [0.15, 0.2) is 5.41 Å². The van der Waals surface area contributed by atoms with Crippen molar-refractivity contribution in [3.63, 3.8) is 0 Å². The molecule has 3 heterocycles. The van der Waals surface area contributed by atoms with E-state index in [-0.39, 0.29) is 12.3 Å². The number of aliphatic hydroxyl groups is 1. The fourth-order valence-electron chi connectivity index (χ4n) is 4.58. The minimum atomic E-state index is -1.33. The first-order valence-corrected chi connectivity index (χ1v) is 10.0. The average molecular weight is 399 g/mol. The van der Waals surface area contributed by atoms with E-state index in [1.807, 2.05) is 42.2 Å². The van der Waals surface area contributed by atoms with Crippen LogP contribution in [0.5, 0.6) is 5.88 Å². The number of anilines is 1. The summed E-state index contributed by atoms with van der Waals surface area (Å²) >= 11 is 0. The van der Waals surface area contributed by atoms with Gasteiger partial charge in [0.25, 0.3) is 0 Å². The molecule has 2 aliphatic heterocycles. The molecule has 0 unspecified atom stereocenters. The van der Waals surface area contributed by atoms with Gasteiger partial charge in [-0.2, -0.15) is 20.8 Å². The second kappa shape index (κ2) is 7.67. The quantitative estimate of drug-likeness (QED) is 0.843. The minimum absolute atomic E-state index is 0.140. The lowest BCUT2D eigenvalue weighted by Gasteiger charge is -2.48. The van der Waals surface area contributed by atoms with Crippen LogP contribution in [0.2, 0.25) is 0 Å². The van der Waals surface area contributed by atoms with E-state index in [2.05, 4.69) is 23.2 Å². The summed E-state index contributed by atoms with van der Waals surface area (Å²) in [5.41, 5.74) is 1.15. The van der Waals surface area contributed by atoms with Gasteiger partial charge in [0, 0.05) is 24.1 Å². The molecular weight excluding hydrogens is 378 g/mol. The van der Waals surface area contributed by atoms with Crippen molar-refractivity contribution < 1.29 is 9.84 Å². The van der Waals surface area contributed by atoms with Crippen LogP contribution in [0.3, 0.4) is 0 Å². The van der Waals surface area contributed by atoms with Crippen LogP contribution < -0.4 is 9.64 Å². The highest BCUT2D eigenvalue weighted by Crippen LogP contribution is 2.49. The molecule has 4 rings (SSSR count). The number of pyridine rings is 1. The molecule has 0 saturated carbocycles. The van der Waals surface area contributed by atoms with Gasteiger partial charge in [-0.05, 0) is 25.3 Å². The lowest BCUT2D eigenvalue weighted by atomic mass is 9.69. The lowest BCUT2D eigenvalue weighted by Crippen LogP contribution is -2.57. The number of piperidine rings is 1. The van der Waals surface area contributed by atoms with Crippen molar-refractivity contribution >= 4 is 5.82 Å². The highest BCUT2D eigenvalue weighted by Gasteiger charge is 2.51. The summed E-state index contributed by atoms with van der Waals surface area (Å²) in [6.07, 6.45) is 0.427. The Morgan fingerprint density at radius 1 is 1.23 bits per heavy atom. The highest BCUT2D eigenvalue weighted by molar-refractivity contribution is 5.81.